The lowest BCUT2D eigenvalue weighted by molar-refractivity contribution is 0.475. The molecule has 0 fully saturated rings. The van der Waals surface area contributed by atoms with Gasteiger partial charge in [0.25, 0.3) is 0 Å². The van der Waals surface area contributed by atoms with E-state index < -0.39 is 0 Å². The van der Waals surface area contributed by atoms with Gasteiger partial charge in [0.1, 0.15) is 11.5 Å². The van der Waals surface area contributed by atoms with Gasteiger partial charge >= 0.3 is 0 Å². The van der Waals surface area contributed by atoms with E-state index in [1.54, 1.807) is 12.1 Å². The first kappa shape index (κ1) is 18.9. The van der Waals surface area contributed by atoms with Gasteiger partial charge in [0.05, 0.1) is 12.4 Å². The van der Waals surface area contributed by atoms with Crippen LogP contribution in [0.3, 0.4) is 0 Å². The smallest absolute Gasteiger partial charge is 0.234 e. The fraction of sp³-hybridized carbons (Fsp3) is 0. The Hall–Kier alpha value is -4.39. The van der Waals surface area contributed by atoms with Crippen molar-refractivity contribution >= 4 is 39.9 Å². The number of phenols is 2. The highest BCUT2D eigenvalue weighted by Gasteiger charge is 2.05. The molecule has 148 valence electrons. The van der Waals surface area contributed by atoms with Crippen LogP contribution in [0.2, 0.25) is 0 Å². The lowest BCUT2D eigenvalue weighted by Crippen LogP contribution is -2.26. The van der Waals surface area contributed by atoms with E-state index in [0.717, 1.165) is 21.5 Å². The molecule has 0 aliphatic rings. The van der Waals surface area contributed by atoms with Gasteiger partial charge in [-0.2, -0.15) is 10.2 Å². The van der Waals surface area contributed by atoms with Crippen LogP contribution in [0.25, 0.3) is 21.5 Å². The molecule has 0 heterocycles. The van der Waals surface area contributed by atoms with Gasteiger partial charge in [-0.3, -0.25) is 0 Å². The Balaban J connectivity index is 1.51. The van der Waals surface area contributed by atoms with Crippen molar-refractivity contribution in [1.29, 1.82) is 0 Å². The van der Waals surface area contributed by atoms with Crippen LogP contribution in [0.5, 0.6) is 11.5 Å². The van der Waals surface area contributed by atoms with E-state index in [9.17, 15) is 10.2 Å². The molecule has 0 aromatic heterocycles. The minimum Gasteiger partial charge on any atom is -0.507 e. The van der Waals surface area contributed by atoms with E-state index in [4.69, 9.17) is 5.73 Å². The monoisotopic (exact) mass is 397 g/mol. The summed E-state index contributed by atoms with van der Waals surface area (Å²) >= 11 is 0. The summed E-state index contributed by atoms with van der Waals surface area (Å²) < 4.78 is 0. The number of phenolic OH excluding ortho intramolecular Hbond substituents is 2. The largest absolute Gasteiger partial charge is 0.507 e. The molecule has 0 radical (unpaired) electrons. The number of hydrogen-bond acceptors (Lipinski definition) is 5. The van der Waals surface area contributed by atoms with E-state index in [2.05, 4.69) is 20.7 Å². The highest BCUT2D eigenvalue weighted by Crippen LogP contribution is 2.26. The first-order valence-corrected chi connectivity index (χ1v) is 9.20. The standard InChI is InChI=1S/C23H19N5O2/c24-23(27-25-13-19-17-7-3-1-5-15(17)9-11-21(19)29)28-26-14-20-18-8-4-2-6-16(18)10-12-22(20)30/h1-14,29-30H,(H3,24,27,28)/b25-13-,26-14-. The Bertz CT molecular complexity index is 1310. The van der Waals surface area contributed by atoms with Crippen molar-refractivity contribution in [2.75, 3.05) is 0 Å². The van der Waals surface area contributed by atoms with Gasteiger partial charge in [-0.1, -0.05) is 60.7 Å². The van der Waals surface area contributed by atoms with Crippen LogP contribution in [0, 0.1) is 0 Å². The van der Waals surface area contributed by atoms with Crippen molar-refractivity contribution in [3.63, 3.8) is 0 Å². The summed E-state index contributed by atoms with van der Waals surface area (Å²) in [7, 11) is 0. The van der Waals surface area contributed by atoms with Gasteiger partial charge in [-0.25, -0.2) is 5.43 Å². The topological polar surface area (TPSA) is 116 Å². The minimum atomic E-state index is -0.0399. The van der Waals surface area contributed by atoms with E-state index >= 15 is 0 Å². The average Bonchev–Trinajstić information content (AvgIpc) is 2.77. The predicted octanol–water partition coefficient (Wildman–Crippen LogP) is 3.68. The first-order valence-electron chi connectivity index (χ1n) is 9.20. The van der Waals surface area contributed by atoms with E-state index in [1.807, 2.05) is 60.7 Å². The number of guanidine groups is 1. The molecule has 0 aliphatic carbocycles. The van der Waals surface area contributed by atoms with Crippen LogP contribution in [0.1, 0.15) is 11.1 Å². The molecular weight excluding hydrogens is 378 g/mol. The third kappa shape index (κ3) is 3.90. The van der Waals surface area contributed by atoms with Crippen molar-refractivity contribution in [3.05, 3.63) is 83.9 Å². The number of fused-ring (bicyclic) bond motifs is 2. The van der Waals surface area contributed by atoms with Crippen LogP contribution in [0.15, 0.2) is 88.1 Å². The number of nitrogens with two attached hydrogens (primary N) is 1. The van der Waals surface area contributed by atoms with Crippen molar-refractivity contribution < 1.29 is 10.2 Å². The summed E-state index contributed by atoms with van der Waals surface area (Å²) in [5.41, 5.74) is 9.48. The molecule has 4 aromatic rings. The van der Waals surface area contributed by atoms with Gasteiger partial charge in [0.15, 0.2) is 0 Å². The fourth-order valence-electron chi connectivity index (χ4n) is 3.17. The van der Waals surface area contributed by atoms with Crippen LogP contribution >= 0.6 is 0 Å². The quantitative estimate of drug-likeness (QED) is 0.239. The lowest BCUT2D eigenvalue weighted by Gasteiger charge is -2.05. The molecule has 0 atom stereocenters. The highest BCUT2D eigenvalue weighted by molar-refractivity contribution is 6.03. The zero-order chi connectivity index (χ0) is 20.9. The van der Waals surface area contributed by atoms with Crippen molar-refractivity contribution in [1.82, 2.24) is 5.43 Å². The summed E-state index contributed by atoms with van der Waals surface area (Å²) in [6.45, 7) is 0. The Kier molecular flexibility index (Phi) is 5.25. The second-order valence-electron chi connectivity index (χ2n) is 6.54. The third-order valence-corrected chi connectivity index (χ3v) is 4.62. The lowest BCUT2D eigenvalue weighted by atomic mass is 10.0. The van der Waals surface area contributed by atoms with E-state index in [1.165, 1.54) is 12.4 Å². The molecule has 30 heavy (non-hydrogen) atoms. The van der Waals surface area contributed by atoms with Crippen LogP contribution in [-0.4, -0.2) is 28.6 Å². The number of benzene rings is 4. The van der Waals surface area contributed by atoms with Gasteiger partial charge in [-0.15, -0.1) is 5.10 Å². The molecule has 7 nitrogen and oxygen atoms in total. The molecule has 7 heteroatoms. The Morgan fingerprint density at radius 2 is 1.27 bits per heavy atom. The predicted molar refractivity (Wildman–Crippen MR) is 121 cm³/mol. The summed E-state index contributed by atoms with van der Waals surface area (Å²) in [4.78, 5) is 0. The number of hydrogen-bond donors (Lipinski definition) is 4. The first-order chi connectivity index (χ1) is 14.6. The normalized spacial score (nSPS) is 12.3. The molecule has 0 bridgehead atoms. The minimum absolute atomic E-state index is 0.0399. The van der Waals surface area contributed by atoms with Crippen LogP contribution in [0.4, 0.5) is 0 Å². The Morgan fingerprint density at radius 1 is 0.733 bits per heavy atom. The number of hydrazone groups is 1. The second kappa shape index (κ2) is 8.32. The number of aromatic hydroxyl groups is 2. The molecule has 4 rings (SSSR count). The summed E-state index contributed by atoms with van der Waals surface area (Å²) in [5, 5.41) is 35.7. The number of rotatable bonds is 4. The maximum atomic E-state index is 10.1. The molecule has 5 N–H and O–H groups in total. The van der Waals surface area contributed by atoms with Gasteiger partial charge in [0.2, 0.25) is 5.96 Å². The van der Waals surface area contributed by atoms with Gasteiger partial charge < -0.3 is 15.9 Å². The summed E-state index contributed by atoms with van der Waals surface area (Å²) in [5.74, 6) is 0.171. The van der Waals surface area contributed by atoms with E-state index in [0.29, 0.717) is 11.1 Å². The molecule has 4 aromatic carbocycles. The molecule has 0 aliphatic heterocycles. The van der Waals surface area contributed by atoms with E-state index in [-0.39, 0.29) is 17.5 Å². The highest BCUT2D eigenvalue weighted by atomic mass is 16.3. The van der Waals surface area contributed by atoms with Crippen molar-refractivity contribution in [2.45, 2.75) is 0 Å². The maximum absolute atomic E-state index is 10.1. The number of nitrogens with zero attached hydrogens (tertiary/aromatic N) is 3. The Labute approximate surface area is 172 Å². The molecule has 0 saturated carbocycles. The van der Waals surface area contributed by atoms with Crippen molar-refractivity contribution in [2.24, 2.45) is 21.0 Å². The molecule has 0 amide bonds. The fourth-order valence-corrected chi connectivity index (χ4v) is 3.17. The summed E-state index contributed by atoms with van der Waals surface area (Å²) in [6.07, 6.45) is 2.91. The molecular formula is C23H19N5O2. The third-order valence-electron chi connectivity index (χ3n) is 4.62. The average molecular weight is 397 g/mol. The van der Waals surface area contributed by atoms with Crippen molar-refractivity contribution in [3.8, 4) is 11.5 Å². The zero-order valence-corrected chi connectivity index (χ0v) is 15.9. The van der Waals surface area contributed by atoms with Crippen LogP contribution in [-0.2, 0) is 0 Å². The van der Waals surface area contributed by atoms with Gasteiger partial charge in [-0.05, 0) is 33.7 Å². The molecule has 0 unspecified atom stereocenters. The maximum Gasteiger partial charge on any atom is 0.234 e. The molecule has 0 saturated heterocycles. The Morgan fingerprint density at radius 3 is 1.87 bits per heavy atom. The zero-order valence-electron chi connectivity index (χ0n) is 15.9. The second-order valence-corrected chi connectivity index (χ2v) is 6.54. The van der Waals surface area contributed by atoms with Gasteiger partial charge in [0, 0.05) is 11.1 Å². The number of nitrogens with one attached hydrogen (secondary N) is 1. The SMILES string of the molecule is NC(=N/N=C\c1c(O)ccc2ccccc12)N/N=C\c1c(O)ccc2ccccc12. The van der Waals surface area contributed by atoms with Crippen LogP contribution < -0.4 is 11.2 Å². The summed E-state index contributed by atoms with van der Waals surface area (Å²) in [6, 6.07) is 22.2. The molecule has 0 spiro atoms.